The Labute approximate surface area is 131 Å². The molecule has 2 rings (SSSR count). The first kappa shape index (κ1) is 16.2. The van der Waals surface area contributed by atoms with Crippen molar-refractivity contribution in [1.82, 2.24) is 0 Å². The van der Waals surface area contributed by atoms with Gasteiger partial charge in [0.2, 0.25) is 0 Å². The molecule has 0 aromatic heterocycles. The molecule has 0 saturated carbocycles. The summed E-state index contributed by atoms with van der Waals surface area (Å²) in [5.74, 6) is 1.40. The number of hydrogen-bond donors (Lipinski definition) is 0. The van der Waals surface area contributed by atoms with E-state index >= 15 is 0 Å². The van der Waals surface area contributed by atoms with Gasteiger partial charge in [-0.15, -0.1) is 0 Å². The molecular weight excluding hydrogens is 299 g/mol. The molecular formula is C17H19O4P. The van der Waals surface area contributed by atoms with Crippen LogP contribution in [0.15, 0.2) is 72.5 Å². The molecule has 22 heavy (non-hydrogen) atoms. The fourth-order valence-electron chi connectivity index (χ4n) is 1.74. The van der Waals surface area contributed by atoms with Crippen LogP contribution in [0.4, 0.5) is 0 Å². The predicted octanol–water partition coefficient (Wildman–Crippen LogP) is 5.58. The molecule has 2 aromatic rings. The summed E-state index contributed by atoms with van der Waals surface area (Å²) in [6.07, 6.45) is 2.34. The summed E-state index contributed by atoms with van der Waals surface area (Å²) in [5, 5.41) is 0. The Morgan fingerprint density at radius 2 is 1.41 bits per heavy atom. The van der Waals surface area contributed by atoms with E-state index in [0.29, 0.717) is 23.7 Å². The Kier molecular flexibility index (Phi) is 5.68. The number of para-hydroxylation sites is 2. The highest BCUT2D eigenvalue weighted by molar-refractivity contribution is 7.49. The van der Waals surface area contributed by atoms with E-state index in [9.17, 15) is 4.57 Å². The van der Waals surface area contributed by atoms with Crippen molar-refractivity contribution in [3.63, 3.8) is 0 Å². The standard InChI is InChI=1S/C17H19O4P/c1-3-15(4-2)19-22(18,20-16-11-7-5-8-12-16)21-17-13-9-6-10-14-17/h3,5-14H,4H2,1-2H3/b15-3+. The van der Waals surface area contributed by atoms with Gasteiger partial charge in [0.1, 0.15) is 17.3 Å². The molecule has 0 N–H and O–H groups in total. The molecule has 0 atom stereocenters. The third-order valence-electron chi connectivity index (χ3n) is 2.82. The van der Waals surface area contributed by atoms with Gasteiger partial charge in [0.05, 0.1) is 0 Å². The van der Waals surface area contributed by atoms with Gasteiger partial charge in [0.25, 0.3) is 0 Å². The van der Waals surface area contributed by atoms with Crippen molar-refractivity contribution in [3.05, 3.63) is 72.5 Å². The third kappa shape index (κ3) is 4.68. The first-order valence-corrected chi connectivity index (χ1v) is 8.55. The van der Waals surface area contributed by atoms with E-state index in [1.54, 1.807) is 54.6 Å². The van der Waals surface area contributed by atoms with Crippen LogP contribution in [-0.4, -0.2) is 0 Å². The van der Waals surface area contributed by atoms with Gasteiger partial charge in [0, 0.05) is 6.42 Å². The maximum atomic E-state index is 13.0. The summed E-state index contributed by atoms with van der Waals surface area (Å²) in [7, 11) is -3.82. The molecule has 0 unspecified atom stereocenters. The van der Waals surface area contributed by atoms with Gasteiger partial charge in [-0.3, -0.25) is 0 Å². The molecule has 0 spiro atoms. The maximum Gasteiger partial charge on any atom is 0.646 e. The molecule has 0 bridgehead atoms. The molecule has 0 aliphatic heterocycles. The summed E-state index contributed by atoms with van der Waals surface area (Å²) < 4.78 is 29.5. The Morgan fingerprint density at radius 3 is 1.77 bits per heavy atom. The van der Waals surface area contributed by atoms with Gasteiger partial charge in [-0.2, -0.15) is 4.57 Å². The fourth-order valence-corrected chi connectivity index (χ4v) is 3.14. The van der Waals surface area contributed by atoms with Crippen LogP contribution in [0, 0.1) is 0 Å². The fraction of sp³-hybridized carbons (Fsp3) is 0.176. The number of allylic oxidation sites excluding steroid dienone is 2. The zero-order valence-corrected chi connectivity index (χ0v) is 13.5. The first-order valence-electron chi connectivity index (χ1n) is 7.09. The zero-order chi connectivity index (χ0) is 15.8. The van der Waals surface area contributed by atoms with E-state index in [1.165, 1.54) is 0 Å². The van der Waals surface area contributed by atoms with Crippen LogP contribution < -0.4 is 9.05 Å². The Hall–Kier alpha value is -2.19. The molecule has 0 amide bonds. The molecule has 2 aromatic carbocycles. The lowest BCUT2D eigenvalue weighted by Gasteiger charge is -2.20. The van der Waals surface area contributed by atoms with Crippen molar-refractivity contribution in [3.8, 4) is 11.5 Å². The minimum absolute atomic E-state index is 0.424. The molecule has 0 fully saturated rings. The second-order valence-corrected chi connectivity index (χ2v) is 5.90. The second kappa shape index (κ2) is 7.71. The smallest absolute Gasteiger partial charge is 0.391 e. The molecule has 0 saturated heterocycles. The second-order valence-electron chi connectivity index (χ2n) is 4.46. The Morgan fingerprint density at radius 1 is 0.955 bits per heavy atom. The zero-order valence-electron chi connectivity index (χ0n) is 12.6. The van der Waals surface area contributed by atoms with Gasteiger partial charge in [-0.05, 0) is 37.3 Å². The van der Waals surface area contributed by atoms with E-state index in [1.807, 2.05) is 26.0 Å². The summed E-state index contributed by atoms with van der Waals surface area (Å²) in [6.45, 7) is 3.72. The molecule has 116 valence electrons. The largest absolute Gasteiger partial charge is 0.646 e. The molecule has 0 aliphatic carbocycles. The lowest BCUT2D eigenvalue weighted by molar-refractivity contribution is 0.252. The summed E-state index contributed by atoms with van der Waals surface area (Å²) in [5.41, 5.74) is 0. The van der Waals surface area contributed by atoms with E-state index < -0.39 is 7.82 Å². The van der Waals surface area contributed by atoms with Crippen molar-refractivity contribution in [1.29, 1.82) is 0 Å². The number of phosphoric ester groups is 1. The van der Waals surface area contributed by atoms with E-state index in [-0.39, 0.29) is 0 Å². The number of phosphoric acid groups is 1. The van der Waals surface area contributed by atoms with Gasteiger partial charge in [0.15, 0.2) is 0 Å². The highest BCUT2D eigenvalue weighted by atomic mass is 31.2. The van der Waals surface area contributed by atoms with Gasteiger partial charge >= 0.3 is 7.82 Å². The molecule has 0 aliphatic rings. The van der Waals surface area contributed by atoms with Crippen LogP contribution in [0.2, 0.25) is 0 Å². The summed E-state index contributed by atoms with van der Waals surface area (Å²) >= 11 is 0. The normalized spacial score (nSPS) is 11.8. The monoisotopic (exact) mass is 318 g/mol. The van der Waals surface area contributed by atoms with Crippen LogP contribution in [0.3, 0.4) is 0 Å². The quantitative estimate of drug-likeness (QED) is 0.493. The number of rotatable bonds is 7. The van der Waals surface area contributed by atoms with Crippen LogP contribution in [-0.2, 0) is 9.09 Å². The van der Waals surface area contributed by atoms with Crippen molar-refractivity contribution < 1.29 is 18.1 Å². The van der Waals surface area contributed by atoms with E-state index in [0.717, 1.165) is 0 Å². The Bertz CT molecular complexity index is 607. The van der Waals surface area contributed by atoms with E-state index in [4.69, 9.17) is 13.6 Å². The van der Waals surface area contributed by atoms with Crippen molar-refractivity contribution >= 4 is 7.82 Å². The van der Waals surface area contributed by atoms with Crippen LogP contribution >= 0.6 is 7.82 Å². The summed E-state index contributed by atoms with van der Waals surface area (Å²) in [6, 6.07) is 17.7. The lowest BCUT2D eigenvalue weighted by atomic mass is 10.3. The highest BCUT2D eigenvalue weighted by Crippen LogP contribution is 2.51. The minimum Gasteiger partial charge on any atom is -0.391 e. The van der Waals surface area contributed by atoms with E-state index in [2.05, 4.69) is 0 Å². The maximum absolute atomic E-state index is 13.0. The van der Waals surface area contributed by atoms with Gasteiger partial charge in [-0.1, -0.05) is 43.3 Å². The molecule has 4 nitrogen and oxygen atoms in total. The highest BCUT2D eigenvalue weighted by Gasteiger charge is 2.33. The first-order chi connectivity index (χ1) is 10.6. The molecule has 0 heterocycles. The topological polar surface area (TPSA) is 44.8 Å². The third-order valence-corrected chi connectivity index (χ3v) is 4.15. The lowest BCUT2D eigenvalue weighted by Crippen LogP contribution is -2.05. The van der Waals surface area contributed by atoms with Crippen LogP contribution in [0.25, 0.3) is 0 Å². The van der Waals surface area contributed by atoms with Crippen molar-refractivity contribution in [2.24, 2.45) is 0 Å². The van der Waals surface area contributed by atoms with Crippen LogP contribution in [0.1, 0.15) is 20.3 Å². The van der Waals surface area contributed by atoms with Gasteiger partial charge < -0.3 is 13.6 Å². The average Bonchev–Trinajstić information content (AvgIpc) is 2.54. The van der Waals surface area contributed by atoms with Crippen LogP contribution in [0.5, 0.6) is 11.5 Å². The SMILES string of the molecule is C/C=C(\CC)OP(=O)(Oc1ccccc1)Oc1ccccc1. The van der Waals surface area contributed by atoms with Crippen molar-refractivity contribution in [2.45, 2.75) is 20.3 Å². The average molecular weight is 318 g/mol. The number of hydrogen-bond acceptors (Lipinski definition) is 4. The minimum atomic E-state index is -3.82. The van der Waals surface area contributed by atoms with Gasteiger partial charge in [-0.25, -0.2) is 0 Å². The molecule has 0 radical (unpaired) electrons. The number of benzene rings is 2. The summed E-state index contributed by atoms with van der Waals surface area (Å²) in [4.78, 5) is 0. The molecule has 5 heteroatoms. The Balaban J connectivity index is 2.25. The predicted molar refractivity (Wildman–Crippen MR) is 86.9 cm³/mol. The van der Waals surface area contributed by atoms with Crippen molar-refractivity contribution in [2.75, 3.05) is 0 Å².